The molecule has 0 aliphatic carbocycles. The van der Waals surface area contributed by atoms with Gasteiger partial charge < -0.3 is 10.6 Å². The van der Waals surface area contributed by atoms with Crippen molar-refractivity contribution >= 4 is 17.9 Å². The van der Waals surface area contributed by atoms with Gasteiger partial charge in [-0.05, 0) is 44.9 Å². The molecule has 6 nitrogen and oxygen atoms in total. The molecular weight excluding hydrogens is 400 g/mol. The summed E-state index contributed by atoms with van der Waals surface area (Å²) in [5.41, 5.74) is 6.15. The number of nitrogens with one attached hydrogen (secondary N) is 2. The third kappa shape index (κ3) is 6.17. The number of hydrogen-bond acceptors (Lipinski definition) is 3. The number of aromatic nitrogens is 2. The van der Waals surface area contributed by atoms with Gasteiger partial charge in [-0.2, -0.15) is 5.10 Å². The molecule has 0 saturated heterocycles. The van der Waals surface area contributed by atoms with Crippen LogP contribution >= 0.6 is 0 Å². The lowest BCUT2D eigenvalue weighted by Gasteiger charge is -2.13. The first-order chi connectivity index (χ1) is 15.3. The predicted octanol–water partition coefficient (Wildman–Crippen LogP) is 3.69. The Balaban J connectivity index is 1.56. The van der Waals surface area contributed by atoms with Gasteiger partial charge in [0.15, 0.2) is 0 Å². The summed E-state index contributed by atoms with van der Waals surface area (Å²) in [6.07, 6.45) is 3.21. The highest BCUT2D eigenvalue weighted by Crippen LogP contribution is 2.16. The van der Waals surface area contributed by atoms with Crippen molar-refractivity contribution in [1.29, 1.82) is 0 Å². The largest absolute Gasteiger partial charge is 0.350 e. The number of amides is 2. The Labute approximate surface area is 189 Å². The maximum absolute atomic E-state index is 12.4. The van der Waals surface area contributed by atoms with Gasteiger partial charge in [0.1, 0.15) is 6.04 Å². The van der Waals surface area contributed by atoms with Crippen LogP contribution in [0.5, 0.6) is 0 Å². The molecule has 0 aliphatic heterocycles. The van der Waals surface area contributed by atoms with Crippen LogP contribution in [0.1, 0.15) is 40.6 Å². The van der Waals surface area contributed by atoms with Gasteiger partial charge in [0, 0.05) is 23.9 Å². The highest BCUT2D eigenvalue weighted by Gasteiger charge is 2.15. The van der Waals surface area contributed by atoms with Crippen molar-refractivity contribution in [2.24, 2.45) is 0 Å². The summed E-state index contributed by atoms with van der Waals surface area (Å²) in [4.78, 5) is 24.6. The Morgan fingerprint density at radius 2 is 1.69 bits per heavy atom. The number of aryl methyl sites for hydroxylation is 2. The Morgan fingerprint density at radius 1 is 1.00 bits per heavy atom. The van der Waals surface area contributed by atoms with E-state index in [-0.39, 0.29) is 11.8 Å². The van der Waals surface area contributed by atoms with Crippen molar-refractivity contribution in [2.75, 3.05) is 0 Å². The smallest absolute Gasteiger partial charge is 0.244 e. The quantitative estimate of drug-likeness (QED) is 0.535. The number of rotatable bonds is 8. The van der Waals surface area contributed by atoms with E-state index in [2.05, 4.69) is 46.9 Å². The molecule has 2 aromatic carbocycles. The molecule has 1 unspecified atom stereocenters. The molecule has 1 atom stereocenters. The lowest BCUT2D eigenvalue weighted by molar-refractivity contribution is -0.126. The molecule has 2 N–H and O–H groups in total. The van der Waals surface area contributed by atoms with Gasteiger partial charge in [-0.3, -0.25) is 14.3 Å². The molecule has 0 spiro atoms. The summed E-state index contributed by atoms with van der Waals surface area (Å²) in [6, 6.07) is 17.4. The van der Waals surface area contributed by atoms with Crippen molar-refractivity contribution in [1.82, 2.24) is 20.4 Å². The number of benzene rings is 2. The summed E-state index contributed by atoms with van der Waals surface area (Å²) in [6.45, 7) is 8.75. The number of carbonyl (C=O) groups is 2. The van der Waals surface area contributed by atoms with Gasteiger partial charge in [0.2, 0.25) is 11.8 Å². The van der Waals surface area contributed by atoms with Crippen LogP contribution in [0.3, 0.4) is 0 Å². The van der Waals surface area contributed by atoms with Crippen molar-refractivity contribution in [3.8, 4) is 0 Å². The van der Waals surface area contributed by atoms with Crippen LogP contribution in [-0.2, 0) is 22.7 Å². The fraction of sp³-hybridized carbons (Fsp3) is 0.269. The Bertz CT molecular complexity index is 1100. The summed E-state index contributed by atoms with van der Waals surface area (Å²) in [7, 11) is 0. The zero-order valence-electron chi connectivity index (χ0n) is 19.1. The van der Waals surface area contributed by atoms with Gasteiger partial charge >= 0.3 is 0 Å². The Hall–Kier alpha value is -3.67. The van der Waals surface area contributed by atoms with E-state index in [0.29, 0.717) is 13.1 Å². The average Bonchev–Trinajstić information content (AvgIpc) is 3.05. The molecule has 6 heteroatoms. The van der Waals surface area contributed by atoms with Crippen LogP contribution in [0.25, 0.3) is 6.08 Å². The first-order valence-corrected chi connectivity index (χ1v) is 10.7. The van der Waals surface area contributed by atoms with E-state index in [4.69, 9.17) is 0 Å². The molecule has 32 heavy (non-hydrogen) atoms. The first kappa shape index (κ1) is 23.0. The van der Waals surface area contributed by atoms with Crippen molar-refractivity contribution in [3.63, 3.8) is 0 Å². The lowest BCUT2D eigenvalue weighted by atomic mass is 10.1. The van der Waals surface area contributed by atoms with Crippen molar-refractivity contribution in [3.05, 3.63) is 94.3 Å². The highest BCUT2D eigenvalue weighted by molar-refractivity contribution is 5.95. The fourth-order valence-electron chi connectivity index (χ4n) is 3.40. The molecular formula is C26H30N4O2. The van der Waals surface area contributed by atoms with Crippen LogP contribution < -0.4 is 10.6 Å². The second-order valence-electron chi connectivity index (χ2n) is 7.99. The van der Waals surface area contributed by atoms with Crippen LogP contribution in [0.4, 0.5) is 0 Å². The molecule has 0 bridgehead atoms. The maximum Gasteiger partial charge on any atom is 0.244 e. The van der Waals surface area contributed by atoms with E-state index < -0.39 is 6.04 Å². The Kier molecular flexibility index (Phi) is 7.60. The lowest BCUT2D eigenvalue weighted by Crippen LogP contribution is -2.44. The average molecular weight is 431 g/mol. The normalized spacial score (nSPS) is 12.0. The van der Waals surface area contributed by atoms with Gasteiger partial charge in [-0.1, -0.05) is 60.2 Å². The van der Waals surface area contributed by atoms with Crippen LogP contribution in [-0.4, -0.2) is 27.6 Å². The van der Waals surface area contributed by atoms with E-state index in [1.54, 1.807) is 13.0 Å². The second kappa shape index (κ2) is 10.6. The third-order valence-electron chi connectivity index (χ3n) is 5.35. The van der Waals surface area contributed by atoms with E-state index in [1.165, 1.54) is 17.2 Å². The molecule has 0 fully saturated rings. The standard InChI is InChI=1S/C26H30N4O2/c1-18-10-12-23(13-11-18)17-30-21(4)24(19(2)29-30)14-15-25(31)28-20(3)26(32)27-16-22-8-6-5-7-9-22/h5-15,20H,16-17H2,1-4H3,(H,27,32)(H,28,31). The number of carbonyl (C=O) groups excluding carboxylic acids is 2. The molecule has 0 aliphatic rings. The van der Waals surface area contributed by atoms with E-state index in [1.807, 2.05) is 48.9 Å². The van der Waals surface area contributed by atoms with Crippen LogP contribution in [0.15, 0.2) is 60.7 Å². The van der Waals surface area contributed by atoms with E-state index in [0.717, 1.165) is 22.5 Å². The molecule has 1 heterocycles. The maximum atomic E-state index is 12.4. The summed E-state index contributed by atoms with van der Waals surface area (Å²) >= 11 is 0. The van der Waals surface area contributed by atoms with Crippen molar-refractivity contribution < 1.29 is 9.59 Å². The van der Waals surface area contributed by atoms with Gasteiger partial charge in [-0.15, -0.1) is 0 Å². The van der Waals surface area contributed by atoms with Gasteiger partial charge in [0.25, 0.3) is 0 Å². The summed E-state index contributed by atoms with van der Waals surface area (Å²) < 4.78 is 1.94. The minimum atomic E-state index is -0.637. The molecule has 166 valence electrons. The SMILES string of the molecule is Cc1ccc(Cn2nc(C)c(C=CC(=O)NC(C)C(=O)NCc3ccccc3)c2C)cc1. The minimum Gasteiger partial charge on any atom is -0.350 e. The molecule has 3 aromatic rings. The van der Waals surface area contributed by atoms with E-state index >= 15 is 0 Å². The molecule has 0 radical (unpaired) electrons. The van der Waals surface area contributed by atoms with Crippen molar-refractivity contribution in [2.45, 2.75) is 46.8 Å². The topological polar surface area (TPSA) is 76.0 Å². The van der Waals surface area contributed by atoms with Crippen LogP contribution in [0.2, 0.25) is 0 Å². The monoisotopic (exact) mass is 430 g/mol. The summed E-state index contributed by atoms with van der Waals surface area (Å²) in [5.74, 6) is -0.550. The van der Waals surface area contributed by atoms with Crippen LogP contribution in [0, 0.1) is 20.8 Å². The second-order valence-corrected chi connectivity index (χ2v) is 7.99. The first-order valence-electron chi connectivity index (χ1n) is 10.7. The molecule has 0 saturated carbocycles. The minimum absolute atomic E-state index is 0.228. The Morgan fingerprint density at radius 3 is 2.38 bits per heavy atom. The summed E-state index contributed by atoms with van der Waals surface area (Å²) in [5, 5.41) is 10.2. The zero-order chi connectivity index (χ0) is 23.1. The zero-order valence-corrected chi connectivity index (χ0v) is 19.1. The predicted molar refractivity (Wildman–Crippen MR) is 127 cm³/mol. The highest BCUT2D eigenvalue weighted by atomic mass is 16.2. The fourth-order valence-corrected chi connectivity index (χ4v) is 3.40. The molecule has 2 amide bonds. The third-order valence-corrected chi connectivity index (χ3v) is 5.35. The number of nitrogens with zero attached hydrogens (tertiary/aromatic N) is 2. The number of hydrogen-bond donors (Lipinski definition) is 2. The molecule has 1 aromatic heterocycles. The van der Waals surface area contributed by atoms with Gasteiger partial charge in [-0.25, -0.2) is 0 Å². The van der Waals surface area contributed by atoms with Gasteiger partial charge in [0.05, 0.1) is 12.2 Å². The molecule has 3 rings (SSSR count). The van der Waals surface area contributed by atoms with E-state index in [9.17, 15) is 9.59 Å².